The number of nitrogens with one attached hydrogen (secondary N) is 1. The van der Waals surface area contributed by atoms with Gasteiger partial charge in [0, 0.05) is 19.2 Å². The van der Waals surface area contributed by atoms with E-state index in [0.29, 0.717) is 5.16 Å². The van der Waals surface area contributed by atoms with Crippen molar-refractivity contribution in [2.24, 2.45) is 7.05 Å². The van der Waals surface area contributed by atoms with Crippen molar-refractivity contribution in [2.75, 3.05) is 5.32 Å². The van der Waals surface area contributed by atoms with Gasteiger partial charge < -0.3 is 5.32 Å². The number of anilines is 1. The van der Waals surface area contributed by atoms with Crippen molar-refractivity contribution >= 4 is 44.9 Å². The Morgan fingerprint density at radius 3 is 2.71 bits per heavy atom. The van der Waals surface area contributed by atoms with Crippen LogP contribution in [0.5, 0.6) is 0 Å². The number of benzene rings is 2. The highest BCUT2D eigenvalue weighted by Crippen LogP contribution is 2.24. The van der Waals surface area contributed by atoms with Crippen LogP contribution in [0.2, 0.25) is 0 Å². The number of thiazole rings is 1. The molecule has 4 aromatic rings. The number of amides is 1. The van der Waals surface area contributed by atoms with Crippen LogP contribution < -0.4 is 5.32 Å². The first kappa shape index (κ1) is 18.6. The van der Waals surface area contributed by atoms with E-state index >= 15 is 0 Å². The fraction of sp³-hybridized carbons (Fsp3) is 0.211. The zero-order valence-electron chi connectivity index (χ0n) is 15.4. The highest BCUT2D eigenvalue weighted by Gasteiger charge is 2.17. The van der Waals surface area contributed by atoms with Gasteiger partial charge in [-0.3, -0.25) is 4.79 Å². The third-order valence-corrected chi connectivity index (χ3v) is 6.31. The molecule has 0 saturated heterocycles. The summed E-state index contributed by atoms with van der Waals surface area (Å²) in [5, 5.41) is 15.6. The van der Waals surface area contributed by atoms with E-state index in [2.05, 4.69) is 31.9 Å². The number of aryl methyl sites for hydroxylation is 1. The highest BCUT2D eigenvalue weighted by molar-refractivity contribution is 8.00. The molecule has 0 spiro atoms. The third kappa shape index (κ3) is 4.20. The molecule has 1 atom stereocenters. The number of carbonyl (C=O) groups excluding carboxylic acids is 1. The topological polar surface area (TPSA) is 85.6 Å². The molecule has 7 nitrogen and oxygen atoms in total. The lowest BCUT2D eigenvalue weighted by molar-refractivity contribution is -0.115. The van der Waals surface area contributed by atoms with Crippen LogP contribution in [0.25, 0.3) is 10.2 Å². The first-order valence-electron chi connectivity index (χ1n) is 8.72. The predicted molar refractivity (Wildman–Crippen MR) is 112 cm³/mol. The van der Waals surface area contributed by atoms with Crippen LogP contribution in [0.4, 0.5) is 5.69 Å². The molecule has 9 heteroatoms. The molecule has 0 saturated carbocycles. The van der Waals surface area contributed by atoms with Gasteiger partial charge in [0.2, 0.25) is 11.1 Å². The summed E-state index contributed by atoms with van der Waals surface area (Å²) in [4.78, 5) is 17.1. The molecular formula is C19H18N6OS2. The number of aromatic nitrogens is 5. The lowest BCUT2D eigenvalue weighted by atomic mass is 10.1. The molecule has 2 aromatic carbocycles. The van der Waals surface area contributed by atoms with Gasteiger partial charge in [0.25, 0.3) is 0 Å². The van der Waals surface area contributed by atoms with E-state index in [1.807, 2.05) is 49.4 Å². The van der Waals surface area contributed by atoms with Crippen molar-refractivity contribution in [1.29, 1.82) is 0 Å². The van der Waals surface area contributed by atoms with Crippen molar-refractivity contribution in [2.45, 2.75) is 23.8 Å². The van der Waals surface area contributed by atoms with Gasteiger partial charge in [-0.25, -0.2) is 9.67 Å². The maximum Gasteiger partial charge on any atom is 0.237 e. The Balaban J connectivity index is 1.37. The van der Waals surface area contributed by atoms with Crippen LogP contribution in [0.15, 0.2) is 53.7 Å². The van der Waals surface area contributed by atoms with Gasteiger partial charge in [-0.1, -0.05) is 36.0 Å². The van der Waals surface area contributed by atoms with Crippen LogP contribution in [0.1, 0.15) is 17.5 Å². The molecule has 0 aliphatic carbocycles. The van der Waals surface area contributed by atoms with Gasteiger partial charge in [0.1, 0.15) is 0 Å². The first-order valence-corrected chi connectivity index (χ1v) is 10.4. The Morgan fingerprint density at radius 1 is 1.21 bits per heavy atom. The van der Waals surface area contributed by atoms with Gasteiger partial charge in [0.15, 0.2) is 0 Å². The second-order valence-electron chi connectivity index (χ2n) is 6.28. The molecule has 4 rings (SSSR count). The zero-order valence-corrected chi connectivity index (χ0v) is 17.0. The summed E-state index contributed by atoms with van der Waals surface area (Å²) in [6.07, 6.45) is 0.777. The van der Waals surface area contributed by atoms with Crippen molar-refractivity contribution in [3.8, 4) is 0 Å². The fourth-order valence-corrected chi connectivity index (χ4v) is 4.41. The molecule has 0 fully saturated rings. The molecule has 0 unspecified atom stereocenters. The number of hydrogen-bond donors (Lipinski definition) is 1. The number of rotatable bonds is 6. The molecule has 2 heterocycles. The van der Waals surface area contributed by atoms with Gasteiger partial charge in [-0.2, -0.15) is 0 Å². The Labute approximate surface area is 170 Å². The number of hydrogen-bond acceptors (Lipinski definition) is 7. The molecule has 0 radical (unpaired) electrons. The number of carbonyl (C=O) groups is 1. The van der Waals surface area contributed by atoms with E-state index in [9.17, 15) is 4.79 Å². The summed E-state index contributed by atoms with van der Waals surface area (Å²) in [7, 11) is 1.75. The Hall–Kier alpha value is -2.78. The van der Waals surface area contributed by atoms with Gasteiger partial charge in [0.05, 0.1) is 20.5 Å². The zero-order chi connectivity index (χ0) is 19.5. The summed E-state index contributed by atoms with van der Waals surface area (Å²) in [6.45, 7) is 1.83. The molecule has 1 N–H and O–H groups in total. The number of nitrogens with zero attached hydrogens (tertiary/aromatic N) is 5. The standard InChI is InChI=1S/C19H18N6OS2/c1-12(27-19-22-23-24-25(19)2)18(26)20-14-9-7-13(8-10-14)11-17-21-15-5-3-4-6-16(15)28-17/h3-10,12H,11H2,1-2H3,(H,20,26)/t12-/m0/s1. The number of tetrazole rings is 1. The van der Waals surface area contributed by atoms with Crippen LogP contribution in [0.3, 0.4) is 0 Å². The van der Waals surface area contributed by atoms with Crippen LogP contribution >= 0.6 is 23.1 Å². The average molecular weight is 411 g/mol. The molecule has 2 aromatic heterocycles. The predicted octanol–water partition coefficient (Wildman–Crippen LogP) is 3.53. The highest BCUT2D eigenvalue weighted by atomic mass is 32.2. The molecule has 0 bridgehead atoms. The molecule has 28 heavy (non-hydrogen) atoms. The van der Waals surface area contributed by atoms with Gasteiger partial charge in [-0.15, -0.1) is 16.4 Å². The van der Waals surface area contributed by atoms with E-state index < -0.39 is 0 Å². The molecule has 0 aliphatic heterocycles. The maximum atomic E-state index is 12.4. The molecule has 142 valence electrons. The largest absolute Gasteiger partial charge is 0.325 e. The quantitative estimate of drug-likeness (QED) is 0.490. The Kier molecular flexibility index (Phi) is 5.36. The Morgan fingerprint density at radius 2 is 2.00 bits per heavy atom. The van der Waals surface area contributed by atoms with Crippen LogP contribution in [-0.4, -0.2) is 36.3 Å². The number of fused-ring (bicyclic) bond motifs is 1. The van der Waals surface area contributed by atoms with Crippen LogP contribution in [0, 0.1) is 0 Å². The average Bonchev–Trinajstić information content (AvgIpc) is 3.28. The van der Waals surface area contributed by atoms with E-state index in [0.717, 1.165) is 28.2 Å². The third-order valence-electron chi connectivity index (χ3n) is 4.15. The van der Waals surface area contributed by atoms with E-state index in [-0.39, 0.29) is 11.2 Å². The van der Waals surface area contributed by atoms with Crippen molar-refractivity contribution in [3.05, 3.63) is 59.1 Å². The summed E-state index contributed by atoms with van der Waals surface area (Å²) < 4.78 is 2.75. The molecule has 0 aliphatic rings. The van der Waals surface area contributed by atoms with Gasteiger partial charge >= 0.3 is 0 Å². The minimum Gasteiger partial charge on any atom is -0.325 e. The minimum atomic E-state index is -0.313. The van der Waals surface area contributed by atoms with Crippen molar-refractivity contribution in [3.63, 3.8) is 0 Å². The van der Waals surface area contributed by atoms with E-state index in [1.54, 1.807) is 23.1 Å². The van der Waals surface area contributed by atoms with E-state index in [1.165, 1.54) is 16.5 Å². The maximum absolute atomic E-state index is 12.4. The fourth-order valence-electron chi connectivity index (χ4n) is 2.65. The normalized spacial score (nSPS) is 12.2. The van der Waals surface area contributed by atoms with Crippen molar-refractivity contribution < 1.29 is 4.79 Å². The van der Waals surface area contributed by atoms with Crippen molar-refractivity contribution in [1.82, 2.24) is 25.2 Å². The van der Waals surface area contributed by atoms with E-state index in [4.69, 9.17) is 0 Å². The Bertz CT molecular complexity index is 1070. The lowest BCUT2D eigenvalue weighted by Crippen LogP contribution is -2.22. The number of para-hydroxylation sites is 1. The molecule has 1 amide bonds. The number of thioether (sulfide) groups is 1. The monoisotopic (exact) mass is 410 g/mol. The van der Waals surface area contributed by atoms with Gasteiger partial charge in [-0.05, 0) is 47.2 Å². The first-order chi connectivity index (χ1) is 13.6. The lowest BCUT2D eigenvalue weighted by Gasteiger charge is -2.11. The summed E-state index contributed by atoms with van der Waals surface area (Å²) >= 11 is 3.03. The smallest absolute Gasteiger partial charge is 0.237 e. The minimum absolute atomic E-state index is 0.0908. The molecular weight excluding hydrogens is 392 g/mol. The summed E-state index contributed by atoms with van der Waals surface area (Å²) in [6, 6.07) is 16.0. The SMILES string of the molecule is C[C@H](Sc1nnnn1C)C(=O)Nc1ccc(Cc2nc3ccccc3s2)cc1. The second kappa shape index (κ2) is 8.07. The summed E-state index contributed by atoms with van der Waals surface area (Å²) in [5.41, 5.74) is 2.96. The van der Waals surface area contributed by atoms with Crippen LogP contribution in [-0.2, 0) is 18.3 Å². The second-order valence-corrected chi connectivity index (χ2v) is 8.71. The summed E-state index contributed by atoms with van der Waals surface area (Å²) in [5.74, 6) is -0.0908.